The van der Waals surface area contributed by atoms with Crippen molar-refractivity contribution in [3.05, 3.63) is 39.9 Å². The van der Waals surface area contributed by atoms with Crippen molar-refractivity contribution >= 4 is 11.7 Å². The molecule has 6 heteroatoms. The second-order valence-electron chi connectivity index (χ2n) is 5.70. The number of hydrogen-bond donors (Lipinski definition) is 1. The number of likely N-dealkylation sites (N-methyl/N-ethyl adjacent to an activating group) is 1. The van der Waals surface area contributed by atoms with Gasteiger partial charge in [0.25, 0.3) is 5.69 Å². The second kappa shape index (κ2) is 7.89. The third kappa shape index (κ3) is 4.27. The molecule has 1 atom stereocenters. The molecule has 1 aromatic rings. The number of rotatable bonds is 6. The number of nitrogens with zero attached hydrogens (tertiary/aromatic N) is 1. The Morgan fingerprint density at radius 3 is 2.50 bits per heavy atom. The molecule has 120 valence electrons. The first-order valence-corrected chi connectivity index (χ1v) is 7.70. The van der Waals surface area contributed by atoms with E-state index >= 15 is 0 Å². The molecular weight excluding hydrogens is 284 g/mol. The van der Waals surface area contributed by atoms with Crippen molar-refractivity contribution in [3.8, 4) is 0 Å². The molecule has 0 radical (unpaired) electrons. The highest BCUT2D eigenvalue weighted by Gasteiger charge is 2.23. The summed E-state index contributed by atoms with van der Waals surface area (Å²) >= 11 is 0. The van der Waals surface area contributed by atoms with Crippen LogP contribution in [0.3, 0.4) is 0 Å². The Kier molecular flexibility index (Phi) is 5.89. The molecule has 1 fully saturated rings. The minimum absolute atomic E-state index is 0.0353. The van der Waals surface area contributed by atoms with E-state index in [9.17, 15) is 14.9 Å². The lowest BCUT2D eigenvalue weighted by molar-refractivity contribution is -0.384. The van der Waals surface area contributed by atoms with Crippen LogP contribution in [-0.2, 0) is 4.74 Å². The van der Waals surface area contributed by atoms with Gasteiger partial charge in [-0.2, -0.15) is 0 Å². The highest BCUT2D eigenvalue weighted by Crippen LogP contribution is 2.26. The number of ether oxygens (including phenoxy) is 1. The first kappa shape index (κ1) is 16.4. The number of non-ortho nitro benzene ring substituents is 1. The Morgan fingerprint density at radius 1 is 1.32 bits per heavy atom. The Morgan fingerprint density at radius 2 is 1.95 bits per heavy atom. The van der Waals surface area contributed by atoms with Gasteiger partial charge in [-0.25, -0.2) is 4.79 Å². The fourth-order valence-corrected chi connectivity index (χ4v) is 2.96. The van der Waals surface area contributed by atoms with Crippen LogP contribution in [0, 0.1) is 16.0 Å². The molecule has 2 rings (SSSR count). The van der Waals surface area contributed by atoms with Crippen molar-refractivity contribution in [3.63, 3.8) is 0 Å². The fourth-order valence-electron chi connectivity index (χ4n) is 2.96. The van der Waals surface area contributed by atoms with Crippen molar-refractivity contribution in [1.82, 2.24) is 5.32 Å². The monoisotopic (exact) mass is 306 g/mol. The molecule has 1 aliphatic carbocycles. The normalized spacial score (nSPS) is 17.0. The number of hydrogen-bond acceptors (Lipinski definition) is 5. The van der Waals surface area contributed by atoms with E-state index in [1.54, 1.807) is 0 Å². The van der Waals surface area contributed by atoms with Crippen molar-refractivity contribution in [1.29, 1.82) is 0 Å². The van der Waals surface area contributed by atoms with E-state index in [0.717, 1.165) is 0 Å². The van der Waals surface area contributed by atoms with Crippen LogP contribution in [0.5, 0.6) is 0 Å². The molecule has 0 bridgehead atoms. The summed E-state index contributed by atoms with van der Waals surface area (Å²) in [6.07, 6.45) is 6.09. The lowest BCUT2D eigenvalue weighted by Gasteiger charge is -2.29. The molecule has 1 aliphatic rings. The minimum atomic E-state index is -0.491. The first-order chi connectivity index (χ1) is 10.6. The number of nitro groups is 1. The van der Waals surface area contributed by atoms with Crippen LogP contribution in [0.1, 0.15) is 42.5 Å². The summed E-state index contributed by atoms with van der Waals surface area (Å²) in [7, 11) is 1.89. The van der Waals surface area contributed by atoms with Crippen LogP contribution in [-0.4, -0.2) is 30.6 Å². The summed E-state index contributed by atoms with van der Waals surface area (Å²) in [5.74, 6) is 0.106. The lowest BCUT2D eigenvalue weighted by atomic mass is 9.84. The molecule has 0 unspecified atom stereocenters. The van der Waals surface area contributed by atoms with Crippen molar-refractivity contribution < 1.29 is 14.5 Å². The average Bonchev–Trinajstić information content (AvgIpc) is 2.56. The van der Waals surface area contributed by atoms with E-state index in [-0.39, 0.29) is 11.7 Å². The Labute approximate surface area is 130 Å². The minimum Gasteiger partial charge on any atom is -0.460 e. The summed E-state index contributed by atoms with van der Waals surface area (Å²) < 4.78 is 5.36. The predicted molar refractivity (Wildman–Crippen MR) is 82.8 cm³/mol. The van der Waals surface area contributed by atoms with Gasteiger partial charge >= 0.3 is 5.97 Å². The van der Waals surface area contributed by atoms with E-state index in [4.69, 9.17) is 4.74 Å². The van der Waals surface area contributed by atoms with E-state index < -0.39 is 10.9 Å². The molecule has 0 aliphatic heterocycles. The Balaban J connectivity index is 1.88. The number of carbonyl (C=O) groups excluding carboxylic acids is 1. The molecule has 0 spiro atoms. The van der Waals surface area contributed by atoms with Crippen LogP contribution in [0.2, 0.25) is 0 Å². The van der Waals surface area contributed by atoms with E-state index in [1.807, 2.05) is 7.05 Å². The van der Waals surface area contributed by atoms with Gasteiger partial charge in [-0.3, -0.25) is 10.1 Å². The number of nitro benzene ring substituents is 1. The molecular formula is C16H22N2O4. The predicted octanol–water partition coefficient (Wildman–Crippen LogP) is 2.92. The number of esters is 1. The molecule has 0 aromatic heterocycles. The second-order valence-corrected chi connectivity index (χ2v) is 5.70. The lowest BCUT2D eigenvalue weighted by Crippen LogP contribution is -2.39. The van der Waals surface area contributed by atoms with Gasteiger partial charge in [-0.05, 0) is 37.9 Å². The van der Waals surface area contributed by atoms with Gasteiger partial charge in [0, 0.05) is 18.2 Å². The molecule has 0 saturated heterocycles. The van der Waals surface area contributed by atoms with Gasteiger partial charge < -0.3 is 10.1 Å². The maximum Gasteiger partial charge on any atom is 0.338 e. The molecule has 22 heavy (non-hydrogen) atoms. The number of carbonyl (C=O) groups is 1. The summed E-state index contributed by atoms with van der Waals surface area (Å²) in [6.45, 7) is 0.330. The Bertz CT molecular complexity index is 509. The van der Waals surface area contributed by atoms with E-state index in [0.29, 0.717) is 18.1 Å². The highest BCUT2D eigenvalue weighted by molar-refractivity contribution is 5.89. The third-order valence-electron chi connectivity index (χ3n) is 4.30. The summed E-state index contributed by atoms with van der Waals surface area (Å²) in [6, 6.07) is 5.65. The fraction of sp³-hybridized carbons (Fsp3) is 0.562. The van der Waals surface area contributed by atoms with E-state index in [2.05, 4.69) is 5.32 Å². The SMILES string of the molecule is CN[C@H](COC(=O)c1ccc([N+](=O)[O-])cc1)C1CCCCC1. The zero-order chi connectivity index (χ0) is 15.9. The zero-order valence-electron chi connectivity index (χ0n) is 12.8. The maximum absolute atomic E-state index is 12.0. The topological polar surface area (TPSA) is 81.5 Å². The van der Waals surface area contributed by atoms with Crippen LogP contribution < -0.4 is 5.32 Å². The molecule has 0 heterocycles. The molecule has 6 nitrogen and oxygen atoms in total. The molecule has 0 amide bonds. The van der Waals surface area contributed by atoms with Crippen LogP contribution in [0.4, 0.5) is 5.69 Å². The van der Waals surface area contributed by atoms with Gasteiger partial charge in [0.15, 0.2) is 0 Å². The summed E-state index contributed by atoms with van der Waals surface area (Å²) in [5.41, 5.74) is 0.302. The molecule has 1 aromatic carbocycles. The van der Waals surface area contributed by atoms with Crippen LogP contribution >= 0.6 is 0 Å². The largest absolute Gasteiger partial charge is 0.460 e. The van der Waals surface area contributed by atoms with E-state index in [1.165, 1.54) is 56.4 Å². The van der Waals surface area contributed by atoms with Crippen molar-refractivity contribution in [2.24, 2.45) is 5.92 Å². The van der Waals surface area contributed by atoms with Crippen molar-refractivity contribution in [2.45, 2.75) is 38.1 Å². The standard InChI is InChI=1S/C16H22N2O4/c1-17-15(12-5-3-2-4-6-12)11-22-16(19)13-7-9-14(10-8-13)18(20)21/h7-10,12,15,17H,2-6,11H2,1H3/t15-/m1/s1. The van der Waals surface area contributed by atoms with Gasteiger partial charge in [0.2, 0.25) is 0 Å². The summed E-state index contributed by atoms with van der Waals surface area (Å²) in [4.78, 5) is 22.1. The van der Waals surface area contributed by atoms with Crippen LogP contribution in [0.15, 0.2) is 24.3 Å². The molecule has 1 N–H and O–H groups in total. The smallest absolute Gasteiger partial charge is 0.338 e. The Hall–Kier alpha value is -1.95. The zero-order valence-corrected chi connectivity index (χ0v) is 12.8. The number of nitrogens with one attached hydrogen (secondary N) is 1. The summed E-state index contributed by atoms with van der Waals surface area (Å²) in [5, 5.41) is 13.8. The highest BCUT2D eigenvalue weighted by atomic mass is 16.6. The molecule has 1 saturated carbocycles. The number of benzene rings is 1. The van der Waals surface area contributed by atoms with Crippen LogP contribution in [0.25, 0.3) is 0 Å². The third-order valence-corrected chi connectivity index (χ3v) is 4.30. The van der Waals surface area contributed by atoms with Gasteiger partial charge in [0.05, 0.1) is 10.5 Å². The average molecular weight is 306 g/mol. The van der Waals surface area contributed by atoms with Gasteiger partial charge in [-0.1, -0.05) is 19.3 Å². The van der Waals surface area contributed by atoms with Gasteiger partial charge in [0.1, 0.15) is 6.61 Å². The first-order valence-electron chi connectivity index (χ1n) is 7.70. The van der Waals surface area contributed by atoms with Crippen molar-refractivity contribution in [2.75, 3.05) is 13.7 Å². The maximum atomic E-state index is 12.0. The van der Waals surface area contributed by atoms with Gasteiger partial charge in [-0.15, -0.1) is 0 Å². The quantitative estimate of drug-likeness (QED) is 0.496.